The molecule has 2 aromatic carbocycles. The molecule has 1 N–H and O–H groups in total. The van der Waals surface area contributed by atoms with Crippen LogP contribution in [0.25, 0.3) is 10.9 Å². The number of para-hydroxylation sites is 1. The van der Waals surface area contributed by atoms with Crippen LogP contribution in [0.15, 0.2) is 59.2 Å². The van der Waals surface area contributed by atoms with Gasteiger partial charge in [-0.15, -0.1) is 0 Å². The van der Waals surface area contributed by atoms with Gasteiger partial charge < -0.3 is 5.32 Å². The highest BCUT2D eigenvalue weighted by Crippen LogP contribution is 2.22. The van der Waals surface area contributed by atoms with Gasteiger partial charge in [-0.25, -0.2) is 0 Å². The van der Waals surface area contributed by atoms with Crippen molar-refractivity contribution in [2.24, 2.45) is 0 Å². The number of nitrogens with zero attached hydrogens (tertiary/aromatic N) is 1. The number of carbonyl (C=O) groups is 1. The number of halogens is 1. The molecule has 4 heteroatoms. The molecule has 21 heavy (non-hydrogen) atoms. The zero-order valence-corrected chi connectivity index (χ0v) is 13.0. The first-order chi connectivity index (χ1) is 10.1. The second kappa shape index (κ2) is 5.66. The summed E-state index contributed by atoms with van der Waals surface area (Å²) in [5, 5.41) is 3.78. The van der Waals surface area contributed by atoms with Crippen LogP contribution in [-0.4, -0.2) is 10.9 Å². The highest BCUT2D eigenvalue weighted by molar-refractivity contribution is 9.10. The van der Waals surface area contributed by atoms with Crippen LogP contribution < -0.4 is 5.32 Å². The average molecular weight is 341 g/mol. The van der Waals surface area contributed by atoms with Gasteiger partial charge in [0, 0.05) is 21.7 Å². The Morgan fingerprint density at radius 1 is 1.14 bits per heavy atom. The Bertz CT molecular complexity index is 825. The number of hydrogen-bond acceptors (Lipinski definition) is 2. The summed E-state index contributed by atoms with van der Waals surface area (Å²) in [7, 11) is 0. The third-order valence-electron chi connectivity index (χ3n) is 3.31. The van der Waals surface area contributed by atoms with Crippen molar-refractivity contribution >= 4 is 38.4 Å². The molecule has 3 rings (SSSR count). The first-order valence-corrected chi connectivity index (χ1v) is 7.36. The van der Waals surface area contributed by atoms with Gasteiger partial charge in [-0.1, -0.05) is 34.1 Å². The number of pyridine rings is 1. The van der Waals surface area contributed by atoms with Crippen LogP contribution in [0.5, 0.6) is 0 Å². The Balaban J connectivity index is 1.95. The maximum atomic E-state index is 12.5. The molecule has 0 atom stereocenters. The molecule has 3 nitrogen and oxygen atoms in total. The lowest BCUT2D eigenvalue weighted by molar-refractivity contribution is 0.102. The zero-order valence-electron chi connectivity index (χ0n) is 11.4. The van der Waals surface area contributed by atoms with Crippen LogP contribution in [0.3, 0.4) is 0 Å². The van der Waals surface area contributed by atoms with E-state index >= 15 is 0 Å². The summed E-state index contributed by atoms with van der Waals surface area (Å²) in [6, 6.07) is 15.1. The molecule has 0 fully saturated rings. The molecule has 0 aliphatic heterocycles. The van der Waals surface area contributed by atoms with Crippen LogP contribution >= 0.6 is 15.9 Å². The Labute approximate surface area is 131 Å². The molecule has 0 spiro atoms. The Hall–Kier alpha value is -2.20. The fourth-order valence-electron chi connectivity index (χ4n) is 2.21. The van der Waals surface area contributed by atoms with Crippen LogP contribution in [0.1, 0.15) is 15.9 Å². The van der Waals surface area contributed by atoms with E-state index in [0.29, 0.717) is 5.56 Å². The van der Waals surface area contributed by atoms with Crippen molar-refractivity contribution in [2.45, 2.75) is 6.92 Å². The number of amides is 1. The Morgan fingerprint density at radius 2 is 1.95 bits per heavy atom. The monoisotopic (exact) mass is 340 g/mol. The summed E-state index contributed by atoms with van der Waals surface area (Å²) in [5.74, 6) is -0.129. The molecule has 1 amide bonds. The molecule has 3 aromatic rings. The average Bonchev–Trinajstić information content (AvgIpc) is 2.50. The number of aryl methyl sites for hydroxylation is 1. The molecular weight excluding hydrogens is 328 g/mol. The third-order valence-corrected chi connectivity index (χ3v) is 4.20. The van der Waals surface area contributed by atoms with Crippen molar-refractivity contribution in [3.63, 3.8) is 0 Å². The minimum absolute atomic E-state index is 0.129. The first-order valence-electron chi connectivity index (χ1n) is 6.56. The van der Waals surface area contributed by atoms with E-state index in [2.05, 4.69) is 26.2 Å². The topological polar surface area (TPSA) is 42.0 Å². The molecule has 1 aromatic heterocycles. The van der Waals surface area contributed by atoms with Crippen LogP contribution in [0.4, 0.5) is 5.69 Å². The molecule has 0 radical (unpaired) electrons. The fraction of sp³-hybridized carbons (Fsp3) is 0.0588. The van der Waals surface area contributed by atoms with Crippen molar-refractivity contribution in [1.29, 1.82) is 0 Å². The number of carbonyl (C=O) groups excluding carboxylic acids is 1. The van der Waals surface area contributed by atoms with Crippen LogP contribution in [0.2, 0.25) is 0 Å². The van der Waals surface area contributed by atoms with Gasteiger partial charge in [0.25, 0.3) is 5.91 Å². The number of aromatic nitrogens is 1. The molecule has 0 saturated carbocycles. The normalized spacial score (nSPS) is 10.6. The third kappa shape index (κ3) is 2.81. The van der Waals surface area contributed by atoms with E-state index in [-0.39, 0.29) is 5.91 Å². The van der Waals surface area contributed by atoms with E-state index in [1.807, 2.05) is 49.4 Å². The number of hydrogen-bond donors (Lipinski definition) is 1. The number of nitrogens with one attached hydrogen (secondary N) is 1. The van der Waals surface area contributed by atoms with E-state index in [0.717, 1.165) is 26.6 Å². The molecule has 1 heterocycles. The number of benzene rings is 2. The predicted molar refractivity (Wildman–Crippen MR) is 88.6 cm³/mol. The van der Waals surface area contributed by atoms with E-state index in [4.69, 9.17) is 0 Å². The van der Waals surface area contributed by atoms with Crippen LogP contribution in [0, 0.1) is 6.92 Å². The molecule has 0 saturated heterocycles. The fourth-order valence-corrected chi connectivity index (χ4v) is 2.46. The number of fused-ring (bicyclic) bond motifs is 1. The minimum atomic E-state index is -0.129. The van der Waals surface area contributed by atoms with E-state index in [9.17, 15) is 4.79 Å². The van der Waals surface area contributed by atoms with Gasteiger partial charge in [-0.3, -0.25) is 9.78 Å². The molecule has 0 bridgehead atoms. The number of anilines is 1. The van der Waals surface area contributed by atoms with E-state index < -0.39 is 0 Å². The maximum absolute atomic E-state index is 12.5. The number of rotatable bonds is 2. The van der Waals surface area contributed by atoms with Gasteiger partial charge in [0.1, 0.15) is 0 Å². The van der Waals surface area contributed by atoms with Crippen molar-refractivity contribution in [3.8, 4) is 0 Å². The zero-order chi connectivity index (χ0) is 14.8. The second-order valence-electron chi connectivity index (χ2n) is 4.79. The second-order valence-corrected chi connectivity index (χ2v) is 5.65. The Morgan fingerprint density at radius 3 is 2.76 bits per heavy atom. The maximum Gasteiger partial charge on any atom is 0.256 e. The van der Waals surface area contributed by atoms with Gasteiger partial charge >= 0.3 is 0 Å². The largest absolute Gasteiger partial charge is 0.322 e. The summed E-state index contributed by atoms with van der Waals surface area (Å²) in [5.41, 5.74) is 3.30. The van der Waals surface area contributed by atoms with Crippen molar-refractivity contribution < 1.29 is 4.79 Å². The molecular formula is C17H13BrN2O. The van der Waals surface area contributed by atoms with Gasteiger partial charge in [0.2, 0.25) is 0 Å². The van der Waals surface area contributed by atoms with Crippen molar-refractivity contribution in [3.05, 3.63) is 70.3 Å². The summed E-state index contributed by atoms with van der Waals surface area (Å²) in [6.07, 6.45) is 1.66. The van der Waals surface area contributed by atoms with Gasteiger partial charge in [0.15, 0.2) is 0 Å². The lowest BCUT2D eigenvalue weighted by atomic mass is 10.1. The smallest absolute Gasteiger partial charge is 0.256 e. The summed E-state index contributed by atoms with van der Waals surface area (Å²) >= 11 is 3.45. The van der Waals surface area contributed by atoms with Gasteiger partial charge in [-0.05, 0) is 42.8 Å². The van der Waals surface area contributed by atoms with Gasteiger partial charge in [-0.2, -0.15) is 0 Å². The highest BCUT2D eigenvalue weighted by atomic mass is 79.9. The van der Waals surface area contributed by atoms with Crippen molar-refractivity contribution in [1.82, 2.24) is 4.98 Å². The summed E-state index contributed by atoms with van der Waals surface area (Å²) < 4.78 is 1.02. The Kier molecular flexibility index (Phi) is 3.71. The highest BCUT2D eigenvalue weighted by Gasteiger charge is 2.10. The van der Waals surface area contributed by atoms with Crippen LogP contribution in [-0.2, 0) is 0 Å². The lowest BCUT2D eigenvalue weighted by Gasteiger charge is -2.09. The standard InChI is InChI=1S/C17H13BrN2O/c1-11-10-12(6-7-15(11)18)20-17(21)14-8-9-19-16-5-3-2-4-13(14)16/h2-10H,1H3,(H,20,21). The van der Waals surface area contributed by atoms with E-state index in [1.165, 1.54) is 0 Å². The van der Waals surface area contributed by atoms with E-state index in [1.54, 1.807) is 12.3 Å². The SMILES string of the molecule is Cc1cc(NC(=O)c2ccnc3ccccc23)ccc1Br. The molecule has 0 aliphatic carbocycles. The molecule has 0 aliphatic rings. The van der Waals surface area contributed by atoms with Gasteiger partial charge in [0.05, 0.1) is 11.1 Å². The van der Waals surface area contributed by atoms with Crippen molar-refractivity contribution in [2.75, 3.05) is 5.32 Å². The molecule has 104 valence electrons. The molecule has 0 unspecified atom stereocenters. The summed E-state index contributed by atoms with van der Waals surface area (Å²) in [4.78, 5) is 16.7. The lowest BCUT2D eigenvalue weighted by Crippen LogP contribution is -2.12. The summed E-state index contributed by atoms with van der Waals surface area (Å²) in [6.45, 7) is 1.99. The first kappa shape index (κ1) is 13.8. The predicted octanol–water partition coefficient (Wildman–Crippen LogP) is 4.56. The quantitative estimate of drug-likeness (QED) is 0.743. The minimum Gasteiger partial charge on any atom is -0.322 e.